The van der Waals surface area contributed by atoms with Crippen molar-refractivity contribution >= 4 is 11.7 Å². The molecule has 0 atom stereocenters. The summed E-state index contributed by atoms with van der Waals surface area (Å²) in [5, 5.41) is 12.4. The van der Waals surface area contributed by atoms with Crippen LogP contribution in [0.1, 0.15) is 0 Å². The fourth-order valence-electron chi connectivity index (χ4n) is 0.920. The van der Waals surface area contributed by atoms with Crippen molar-refractivity contribution in [3.8, 4) is 0 Å². The molecule has 2 rings (SSSR count). The SMILES string of the molecule is N=[N+]=NC1=NN2NNN=C2C(N)=C1. The Kier molecular flexibility index (Phi) is 1.51. The molecular formula is C4H6N9+. The summed E-state index contributed by atoms with van der Waals surface area (Å²) in [5.74, 6) is 0.701. The lowest BCUT2D eigenvalue weighted by molar-refractivity contribution is 0.306. The van der Waals surface area contributed by atoms with Crippen LogP contribution in [0.3, 0.4) is 0 Å². The predicted octanol–water partition coefficient (Wildman–Crippen LogP) is -1.66. The molecule has 0 aromatic heterocycles. The number of rotatable bonds is 0. The van der Waals surface area contributed by atoms with Crippen LogP contribution in [0.5, 0.6) is 0 Å². The maximum atomic E-state index is 6.52. The van der Waals surface area contributed by atoms with E-state index in [1.807, 2.05) is 0 Å². The van der Waals surface area contributed by atoms with E-state index in [4.69, 9.17) is 11.3 Å². The van der Waals surface area contributed by atoms with Crippen molar-refractivity contribution in [2.45, 2.75) is 0 Å². The number of amidine groups is 2. The van der Waals surface area contributed by atoms with Gasteiger partial charge in [-0.15, -0.1) is 15.7 Å². The molecule has 2 heterocycles. The van der Waals surface area contributed by atoms with Crippen molar-refractivity contribution in [3.63, 3.8) is 0 Å². The molecule has 0 fully saturated rings. The van der Waals surface area contributed by atoms with E-state index in [0.717, 1.165) is 0 Å². The summed E-state index contributed by atoms with van der Waals surface area (Å²) in [7, 11) is 0. The summed E-state index contributed by atoms with van der Waals surface area (Å²) in [6.45, 7) is 0. The normalized spacial score (nSPS) is 19.1. The van der Waals surface area contributed by atoms with Gasteiger partial charge in [-0.3, -0.25) is 0 Å². The smallest absolute Gasteiger partial charge is 0.263 e. The van der Waals surface area contributed by atoms with Gasteiger partial charge in [0.15, 0.2) is 5.11 Å². The molecule has 13 heavy (non-hydrogen) atoms. The topological polar surface area (TPSA) is 128 Å². The van der Waals surface area contributed by atoms with Crippen molar-refractivity contribution in [2.75, 3.05) is 0 Å². The van der Waals surface area contributed by atoms with Crippen LogP contribution in [-0.4, -0.2) is 16.8 Å². The lowest BCUT2D eigenvalue weighted by Crippen LogP contribution is -2.41. The highest BCUT2D eigenvalue weighted by Gasteiger charge is 2.24. The second kappa shape index (κ2) is 2.66. The van der Waals surface area contributed by atoms with E-state index in [0.29, 0.717) is 11.5 Å². The highest BCUT2D eigenvalue weighted by Crippen LogP contribution is 2.07. The molecule has 2 aliphatic heterocycles. The van der Waals surface area contributed by atoms with Crippen molar-refractivity contribution in [1.82, 2.24) is 21.1 Å². The predicted molar refractivity (Wildman–Crippen MR) is 42.5 cm³/mol. The molecule has 0 saturated carbocycles. The number of fused-ring (bicyclic) bond motifs is 1. The summed E-state index contributed by atoms with van der Waals surface area (Å²) >= 11 is 0. The van der Waals surface area contributed by atoms with Gasteiger partial charge in [0, 0.05) is 6.08 Å². The van der Waals surface area contributed by atoms with Gasteiger partial charge in [0.2, 0.25) is 10.7 Å². The Morgan fingerprint density at radius 2 is 2.54 bits per heavy atom. The Morgan fingerprint density at radius 3 is 3.31 bits per heavy atom. The van der Waals surface area contributed by atoms with Crippen LogP contribution in [-0.2, 0) is 0 Å². The molecule has 0 aliphatic carbocycles. The van der Waals surface area contributed by atoms with Gasteiger partial charge in [0.05, 0.1) is 5.70 Å². The fourth-order valence-corrected chi connectivity index (χ4v) is 0.920. The van der Waals surface area contributed by atoms with E-state index < -0.39 is 0 Å². The minimum atomic E-state index is 0.239. The Hall–Kier alpha value is -2.25. The Balaban J connectivity index is 2.37. The molecule has 0 saturated heterocycles. The van der Waals surface area contributed by atoms with Crippen molar-refractivity contribution in [2.24, 2.45) is 21.1 Å². The minimum Gasteiger partial charge on any atom is -0.395 e. The van der Waals surface area contributed by atoms with E-state index >= 15 is 0 Å². The van der Waals surface area contributed by atoms with E-state index in [-0.39, 0.29) is 5.84 Å². The average molecular weight is 180 g/mol. The Morgan fingerprint density at radius 1 is 1.69 bits per heavy atom. The van der Waals surface area contributed by atoms with Gasteiger partial charge < -0.3 is 5.73 Å². The molecule has 0 unspecified atom stereocenters. The molecule has 0 radical (unpaired) electrons. The minimum absolute atomic E-state index is 0.239. The molecule has 0 spiro atoms. The number of nitrogens with two attached hydrogens (primary N) is 1. The highest BCUT2D eigenvalue weighted by molar-refractivity contribution is 6.08. The Labute approximate surface area is 72.1 Å². The monoisotopic (exact) mass is 180 g/mol. The van der Waals surface area contributed by atoms with Crippen LogP contribution in [0.15, 0.2) is 27.1 Å². The van der Waals surface area contributed by atoms with E-state index in [2.05, 4.69) is 31.3 Å². The standard InChI is InChI=1S/C4H5N9/c5-2-1-3(7-10-6)9-13-4(2)8-11-12-13/h1H,(H4,5,6,7,9)/p+1. The first-order valence-corrected chi connectivity index (χ1v) is 3.33. The van der Waals surface area contributed by atoms with Crippen LogP contribution < -0.4 is 21.7 Å². The quantitative estimate of drug-likeness (QED) is 0.263. The average Bonchev–Trinajstić information content (AvgIpc) is 2.53. The molecule has 9 heteroatoms. The van der Waals surface area contributed by atoms with E-state index in [1.54, 1.807) is 0 Å². The third-order valence-electron chi connectivity index (χ3n) is 1.42. The largest absolute Gasteiger partial charge is 0.395 e. The van der Waals surface area contributed by atoms with Gasteiger partial charge in [-0.25, -0.2) is 5.53 Å². The molecule has 0 bridgehead atoms. The van der Waals surface area contributed by atoms with Crippen molar-refractivity contribution < 1.29 is 0 Å². The Bertz CT molecular complexity index is 369. The van der Waals surface area contributed by atoms with Gasteiger partial charge in [-0.2, -0.15) is 5.12 Å². The first-order chi connectivity index (χ1) is 6.31. The summed E-state index contributed by atoms with van der Waals surface area (Å²) < 4.78 is 0. The summed E-state index contributed by atoms with van der Waals surface area (Å²) in [5.41, 5.74) is 17.6. The molecule has 0 amide bonds. The fraction of sp³-hybridized carbons (Fsp3) is 0. The van der Waals surface area contributed by atoms with Crippen LogP contribution in [0.25, 0.3) is 0 Å². The lowest BCUT2D eigenvalue weighted by Gasteiger charge is -2.14. The van der Waals surface area contributed by atoms with Crippen LogP contribution in [0.4, 0.5) is 0 Å². The molecule has 5 N–H and O–H groups in total. The zero-order valence-electron chi connectivity index (χ0n) is 6.39. The van der Waals surface area contributed by atoms with Gasteiger partial charge in [0.25, 0.3) is 5.84 Å². The third-order valence-corrected chi connectivity index (χ3v) is 1.42. The third kappa shape index (κ3) is 1.13. The number of nitrogens with one attached hydrogen (secondary N) is 3. The highest BCUT2D eigenvalue weighted by atomic mass is 15.9. The molecule has 2 aliphatic rings. The van der Waals surface area contributed by atoms with Gasteiger partial charge in [-0.1, -0.05) is 0 Å². The lowest BCUT2D eigenvalue weighted by atomic mass is 10.3. The second-order valence-electron chi connectivity index (χ2n) is 2.23. The summed E-state index contributed by atoms with van der Waals surface area (Å²) in [6, 6.07) is 0. The maximum absolute atomic E-state index is 6.52. The van der Waals surface area contributed by atoms with Crippen LogP contribution in [0, 0.1) is 5.53 Å². The maximum Gasteiger partial charge on any atom is 0.263 e. The molecule has 9 nitrogen and oxygen atoms in total. The number of hydrogen-bond donors (Lipinski definition) is 4. The van der Waals surface area contributed by atoms with Crippen LogP contribution in [0.2, 0.25) is 0 Å². The van der Waals surface area contributed by atoms with Gasteiger partial charge in [-0.05, 0) is 0 Å². The van der Waals surface area contributed by atoms with E-state index in [9.17, 15) is 0 Å². The van der Waals surface area contributed by atoms with Gasteiger partial charge in [0.1, 0.15) is 5.53 Å². The summed E-state index contributed by atoms with van der Waals surface area (Å²) in [6.07, 6.45) is 1.47. The first kappa shape index (κ1) is 7.40. The molecule has 0 aromatic rings. The summed E-state index contributed by atoms with van der Waals surface area (Å²) in [4.78, 5) is 2.84. The molecule has 0 aromatic carbocycles. The van der Waals surface area contributed by atoms with Crippen molar-refractivity contribution in [1.29, 1.82) is 5.53 Å². The van der Waals surface area contributed by atoms with E-state index in [1.165, 1.54) is 11.2 Å². The zero-order valence-corrected chi connectivity index (χ0v) is 6.39. The second-order valence-corrected chi connectivity index (χ2v) is 2.23. The number of hydrazine groups is 2. The molecular weight excluding hydrogens is 174 g/mol. The molecule has 66 valence electrons. The number of nitrogens with zero attached hydrogens (tertiary/aromatic N) is 5. The van der Waals surface area contributed by atoms with Gasteiger partial charge >= 0.3 is 0 Å². The number of hydrazone groups is 2. The van der Waals surface area contributed by atoms with Crippen molar-refractivity contribution in [3.05, 3.63) is 11.8 Å². The number of hydrogen-bond acceptors (Lipinski definition) is 8. The zero-order chi connectivity index (χ0) is 9.26. The van der Waals surface area contributed by atoms with Crippen LogP contribution >= 0.6 is 0 Å². The first-order valence-electron chi connectivity index (χ1n) is 3.33.